The SMILES string of the molecule is N[C@H](c1cc2cc(C[C@H]3C[C@@H](C(F)(F)F)NC3=O)cnn2c1)C1CCC(F)(F)CC1. The van der Waals surface area contributed by atoms with Crippen LogP contribution >= 0.6 is 0 Å². The Kier molecular flexibility index (Phi) is 5.24. The van der Waals surface area contributed by atoms with Crippen LogP contribution < -0.4 is 11.1 Å². The average molecular weight is 430 g/mol. The third-order valence-corrected chi connectivity index (χ3v) is 6.27. The zero-order chi connectivity index (χ0) is 21.7. The lowest BCUT2D eigenvalue weighted by Gasteiger charge is -2.31. The van der Waals surface area contributed by atoms with Gasteiger partial charge in [-0.1, -0.05) is 0 Å². The van der Waals surface area contributed by atoms with Crippen LogP contribution in [-0.4, -0.2) is 33.7 Å². The highest BCUT2D eigenvalue weighted by molar-refractivity contribution is 5.81. The van der Waals surface area contributed by atoms with Crippen LogP contribution in [0.2, 0.25) is 0 Å². The van der Waals surface area contributed by atoms with Crippen LogP contribution in [0.3, 0.4) is 0 Å². The van der Waals surface area contributed by atoms with Crippen molar-refractivity contribution >= 4 is 11.4 Å². The topological polar surface area (TPSA) is 72.4 Å². The van der Waals surface area contributed by atoms with Crippen molar-refractivity contribution in [1.29, 1.82) is 0 Å². The van der Waals surface area contributed by atoms with Gasteiger partial charge in [0.2, 0.25) is 11.8 Å². The summed E-state index contributed by atoms with van der Waals surface area (Å²) in [5.41, 5.74) is 8.46. The maximum atomic E-state index is 13.4. The molecule has 0 bridgehead atoms. The van der Waals surface area contributed by atoms with Gasteiger partial charge in [-0.3, -0.25) is 4.79 Å². The van der Waals surface area contributed by atoms with Gasteiger partial charge >= 0.3 is 6.18 Å². The highest BCUT2D eigenvalue weighted by atomic mass is 19.4. The van der Waals surface area contributed by atoms with Gasteiger partial charge in [-0.25, -0.2) is 13.3 Å². The summed E-state index contributed by atoms with van der Waals surface area (Å²) in [5.74, 6) is -4.02. The molecule has 3 atom stereocenters. The first kappa shape index (κ1) is 21.0. The lowest BCUT2D eigenvalue weighted by atomic mass is 9.80. The summed E-state index contributed by atoms with van der Waals surface area (Å²) in [6.45, 7) is 0. The minimum absolute atomic E-state index is 0.0389. The summed E-state index contributed by atoms with van der Waals surface area (Å²) in [6.07, 6.45) is -0.930. The van der Waals surface area contributed by atoms with Crippen LogP contribution in [-0.2, 0) is 11.2 Å². The number of halogens is 5. The molecule has 3 heterocycles. The summed E-state index contributed by atoms with van der Waals surface area (Å²) >= 11 is 0. The normalized spacial score (nSPS) is 26.1. The van der Waals surface area contributed by atoms with Crippen molar-refractivity contribution in [1.82, 2.24) is 14.9 Å². The van der Waals surface area contributed by atoms with E-state index in [4.69, 9.17) is 5.73 Å². The van der Waals surface area contributed by atoms with E-state index < -0.39 is 30.0 Å². The second-order valence-electron chi connectivity index (χ2n) is 8.47. The van der Waals surface area contributed by atoms with Crippen LogP contribution in [0.4, 0.5) is 22.0 Å². The number of carbonyl (C=O) groups is 1. The molecule has 10 heteroatoms. The zero-order valence-corrected chi connectivity index (χ0v) is 16.1. The first-order valence-corrected chi connectivity index (χ1v) is 9.99. The van der Waals surface area contributed by atoms with E-state index in [0.29, 0.717) is 23.9 Å². The molecule has 2 aromatic rings. The van der Waals surface area contributed by atoms with E-state index in [-0.39, 0.29) is 37.6 Å². The largest absolute Gasteiger partial charge is 0.408 e. The standard InChI is InChI=1S/C20H23F5N4O/c21-19(22)3-1-12(2-4-19)17(26)14-7-15-6-11(9-27-29(15)10-14)5-13-8-16(20(23,24)25)28-18(13)30/h6-7,9-10,12-13,16-17H,1-5,8,26H2,(H,28,30)/t13-,16-,17-/m0/s1. The second-order valence-corrected chi connectivity index (χ2v) is 8.47. The number of hydrogen-bond donors (Lipinski definition) is 2. The first-order chi connectivity index (χ1) is 14.0. The maximum absolute atomic E-state index is 13.4. The van der Waals surface area contributed by atoms with E-state index in [1.165, 1.54) is 6.20 Å². The molecule has 5 nitrogen and oxygen atoms in total. The third-order valence-electron chi connectivity index (χ3n) is 6.27. The molecular weight excluding hydrogens is 407 g/mol. The van der Waals surface area contributed by atoms with E-state index in [1.54, 1.807) is 16.8 Å². The Hall–Kier alpha value is -2.23. The number of fused-ring (bicyclic) bond motifs is 1. The number of rotatable bonds is 4. The van der Waals surface area contributed by atoms with E-state index in [1.807, 2.05) is 11.4 Å². The molecule has 2 aromatic heterocycles. The average Bonchev–Trinajstić information content (AvgIpc) is 3.24. The van der Waals surface area contributed by atoms with E-state index in [0.717, 1.165) is 5.56 Å². The number of nitrogens with one attached hydrogen (secondary N) is 1. The van der Waals surface area contributed by atoms with E-state index in [2.05, 4.69) is 5.10 Å². The molecule has 1 aliphatic heterocycles. The van der Waals surface area contributed by atoms with Crippen molar-refractivity contribution in [2.75, 3.05) is 0 Å². The Balaban J connectivity index is 1.46. The lowest BCUT2D eigenvalue weighted by molar-refractivity contribution is -0.154. The van der Waals surface area contributed by atoms with Crippen molar-refractivity contribution in [2.45, 2.75) is 62.7 Å². The molecule has 0 unspecified atom stereocenters. The number of nitrogens with two attached hydrogens (primary N) is 1. The first-order valence-electron chi connectivity index (χ1n) is 9.99. The molecule has 1 saturated heterocycles. The molecule has 1 aliphatic carbocycles. The molecular formula is C20H23F5N4O. The maximum Gasteiger partial charge on any atom is 0.408 e. The van der Waals surface area contributed by atoms with Gasteiger partial charge in [0.1, 0.15) is 6.04 Å². The minimum Gasteiger partial charge on any atom is -0.344 e. The molecule has 3 N–H and O–H groups in total. The Morgan fingerprint density at radius 2 is 1.97 bits per heavy atom. The van der Waals surface area contributed by atoms with Gasteiger partial charge in [-0.15, -0.1) is 0 Å². The van der Waals surface area contributed by atoms with E-state index in [9.17, 15) is 26.7 Å². The molecule has 0 aromatic carbocycles. The molecule has 1 amide bonds. The van der Waals surface area contributed by atoms with Gasteiger partial charge in [-0.2, -0.15) is 18.3 Å². The fourth-order valence-electron chi connectivity index (χ4n) is 4.47. The summed E-state index contributed by atoms with van der Waals surface area (Å²) < 4.78 is 66.9. The number of amides is 1. The molecule has 1 saturated carbocycles. The predicted octanol–water partition coefficient (Wildman–Crippen LogP) is 3.77. The molecule has 164 valence electrons. The van der Waals surface area contributed by atoms with Crippen LogP contribution in [0.1, 0.15) is 49.3 Å². The Labute approximate surface area is 169 Å². The van der Waals surface area contributed by atoms with Crippen molar-refractivity contribution < 1.29 is 26.7 Å². The summed E-state index contributed by atoms with van der Waals surface area (Å²) in [6, 6.07) is 1.39. The number of carbonyl (C=O) groups excluding carboxylic acids is 1. The molecule has 2 aliphatic rings. The molecule has 2 fully saturated rings. The molecule has 0 radical (unpaired) electrons. The fourth-order valence-corrected chi connectivity index (χ4v) is 4.47. The van der Waals surface area contributed by atoms with Gasteiger partial charge in [0.25, 0.3) is 0 Å². The number of aromatic nitrogens is 2. The van der Waals surface area contributed by atoms with Crippen LogP contribution in [0.15, 0.2) is 24.5 Å². The van der Waals surface area contributed by atoms with Crippen molar-refractivity contribution in [3.63, 3.8) is 0 Å². The summed E-state index contributed by atoms with van der Waals surface area (Å²) in [7, 11) is 0. The Morgan fingerprint density at radius 1 is 1.27 bits per heavy atom. The van der Waals surface area contributed by atoms with Gasteiger partial charge in [0.15, 0.2) is 0 Å². The van der Waals surface area contributed by atoms with Gasteiger partial charge < -0.3 is 11.1 Å². The minimum atomic E-state index is -4.46. The monoisotopic (exact) mass is 430 g/mol. The molecule has 30 heavy (non-hydrogen) atoms. The highest BCUT2D eigenvalue weighted by Crippen LogP contribution is 2.40. The molecule has 0 spiro atoms. The van der Waals surface area contributed by atoms with Crippen LogP contribution in [0, 0.1) is 11.8 Å². The summed E-state index contributed by atoms with van der Waals surface area (Å²) in [4.78, 5) is 11.9. The molecule has 4 rings (SSSR count). The zero-order valence-electron chi connectivity index (χ0n) is 16.1. The number of hydrogen-bond acceptors (Lipinski definition) is 3. The lowest BCUT2D eigenvalue weighted by Crippen LogP contribution is -2.38. The number of alkyl halides is 5. The second kappa shape index (κ2) is 7.47. The van der Waals surface area contributed by atoms with Gasteiger partial charge in [0.05, 0.1) is 11.7 Å². The van der Waals surface area contributed by atoms with Crippen molar-refractivity contribution in [3.8, 4) is 0 Å². The Morgan fingerprint density at radius 3 is 2.60 bits per heavy atom. The van der Waals surface area contributed by atoms with Crippen LogP contribution in [0.5, 0.6) is 0 Å². The van der Waals surface area contributed by atoms with Crippen molar-refractivity contribution in [2.24, 2.45) is 17.6 Å². The van der Waals surface area contributed by atoms with E-state index >= 15 is 0 Å². The highest BCUT2D eigenvalue weighted by Gasteiger charge is 2.47. The third kappa shape index (κ3) is 4.28. The van der Waals surface area contributed by atoms with Crippen LogP contribution in [0.25, 0.3) is 5.52 Å². The predicted molar refractivity (Wildman–Crippen MR) is 98.8 cm³/mol. The van der Waals surface area contributed by atoms with Gasteiger partial charge in [0, 0.05) is 31.0 Å². The fraction of sp³-hybridized carbons (Fsp3) is 0.600. The smallest absolute Gasteiger partial charge is 0.344 e. The Bertz CT molecular complexity index is 931. The van der Waals surface area contributed by atoms with Gasteiger partial charge in [-0.05, 0) is 54.9 Å². The summed E-state index contributed by atoms with van der Waals surface area (Å²) in [5, 5.41) is 6.28. The number of nitrogens with zero attached hydrogens (tertiary/aromatic N) is 2. The van der Waals surface area contributed by atoms with Crippen molar-refractivity contribution in [3.05, 3.63) is 35.7 Å². The quantitative estimate of drug-likeness (QED) is 0.726.